The molecule has 2 saturated heterocycles. The third-order valence-corrected chi connectivity index (χ3v) is 7.33. The number of amides is 1. The van der Waals surface area contributed by atoms with Crippen LogP contribution in [0.4, 0.5) is 24.7 Å². The number of nitrogens with zero attached hydrogens (tertiary/aromatic N) is 5. The maximum Gasteiger partial charge on any atom is 0.416 e. The van der Waals surface area contributed by atoms with E-state index in [1.165, 1.54) is 12.1 Å². The van der Waals surface area contributed by atoms with Gasteiger partial charge in [0.25, 0.3) is 0 Å². The van der Waals surface area contributed by atoms with Crippen LogP contribution in [0.25, 0.3) is 11.3 Å². The first-order chi connectivity index (χ1) is 18.3. The minimum absolute atomic E-state index is 0.0575. The molecule has 5 rings (SSSR count). The van der Waals surface area contributed by atoms with Crippen molar-refractivity contribution in [2.45, 2.75) is 19.0 Å². The summed E-state index contributed by atoms with van der Waals surface area (Å²) in [6.45, 7) is 3.49. The van der Waals surface area contributed by atoms with E-state index in [2.05, 4.69) is 15.1 Å². The summed E-state index contributed by atoms with van der Waals surface area (Å²) in [6.07, 6.45) is -2.91. The van der Waals surface area contributed by atoms with E-state index in [0.717, 1.165) is 54.8 Å². The Morgan fingerprint density at radius 2 is 1.58 bits per heavy atom. The summed E-state index contributed by atoms with van der Waals surface area (Å²) in [7, 11) is 1.63. The molecule has 2 fully saturated rings. The van der Waals surface area contributed by atoms with E-state index in [0.29, 0.717) is 31.9 Å². The number of piperazine rings is 1. The Bertz CT molecular complexity index is 1230. The van der Waals surface area contributed by atoms with E-state index in [9.17, 15) is 18.0 Å². The number of rotatable bonds is 5. The Labute approximate surface area is 219 Å². The maximum absolute atomic E-state index is 13.2. The van der Waals surface area contributed by atoms with Gasteiger partial charge >= 0.3 is 6.18 Å². The zero-order valence-corrected chi connectivity index (χ0v) is 21.2. The zero-order valence-electron chi connectivity index (χ0n) is 21.2. The maximum atomic E-state index is 13.2. The Kier molecular flexibility index (Phi) is 7.40. The second-order valence-corrected chi connectivity index (χ2v) is 9.63. The largest absolute Gasteiger partial charge is 0.497 e. The van der Waals surface area contributed by atoms with Gasteiger partial charge in [-0.05, 0) is 67.4 Å². The average molecular weight is 526 g/mol. The molecule has 0 radical (unpaired) electrons. The van der Waals surface area contributed by atoms with Crippen LogP contribution in [-0.4, -0.2) is 67.4 Å². The highest BCUT2D eigenvalue weighted by atomic mass is 19.4. The molecular formula is C28H30F3N5O2. The van der Waals surface area contributed by atoms with Crippen molar-refractivity contribution in [2.24, 2.45) is 5.92 Å². The van der Waals surface area contributed by atoms with Gasteiger partial charge in [0.05, 0.1) is 18.4 Å². The lowest BCUT2D eigenvalue weighted by Gasteiger charge is -2.39. The summed E-state index contributed by atoms with van der Waals surface area (Å²) >= 11 is 0. The molecule has 2 aromatic carbocycles. The number of carbonyl (C=O) groups excluding carboxylic acids is 1. The first-order valence-electron chi connectivity index (χ1n) is 12.8. The molecule has 2 aliphatic heterocycles. The van der Waals surface area contributed by atoms with Crippen LogP contribution >= 0.6 is 0 Å². The predicted octanol–water partition coefficient (Wildman–Crippen LogP) is 4.74. The lowest BCUT2D eigenvalue weighted by Crippen LogP contribution is -2.51. The highest BCUT2D eigenvalue weighted by Crippen LogP contribution is 2.32. The van der Waals surface area contributed by atoms with Gasteiger partial charge in [0.15, 0.2) is 5.82 Å². The van der Waals surface area contributed by atoms with E-state index in [-0.39, 0.29) is 11.8 Å². The average Bonchev–Trinajstić information content (AvgIpc) is 2.97. The van der Waals surface area contributed by atoms with Crippen molar-refractivity contribution in [3.8, 4) is 17.0 Å². The fourth-order valence-electron chi connectivity index (χ4n) is 5.09. The van der Waals surface area contributed by atoms with E-state index < -0.39 is 11.7 Å². The van der Waals surface area contributed by atoms with Gasteiger partial charge in [0, 0.05) is 56.4 Å². The summed E-state index contributed by atoms with van der Waals surface area (Å²) in [5.41, 5.74) is 1.63. The van der Waals surface area contributed by atoms with E-state index in [1.54, 1.807) is 13.2 Å². The predicted molar refractivity (Wildman–Crippen MR) is 139 cm³/mol. The van der Waals surface area contributed by atoms with E-state index in [4.69, 9.17) is 4.74 Å². The first-order valence-corrected chi connectivity index (χ1v) is 12.8. The molecule has 3 heterocycles. The standard InChI is InChI=1S/C28H30F3N5O2/c1-38-24-7-5-20(6-8-24)25-9-10-26(33-32-25)35-13-11-21(12-14-35)27(37)36-17-15-34(16-18-36)23-4-2-3-22(19-23)28(29,30)31/h2-10,19,21H,11-18H2,1H3. The number of benzene rings is 2. The highest BCUT2D eigenvalue weighted by molar-refractivity contribution is 5.79. The molecule has 1 aromatic heterocycles. The van der Waals surface area contributed by atoms with Gasteiger partial charge in [0.1, 0.15) is 5.75 Å². The second kappa shape index (κ2) is 10.9. The van der Waals surface area contributed by atoms with E-state index in [1.807, 2.05) is 46.2 Å². The van der Waals surface area contributed by atoms with Crippen LogP contribution < -0.4 is 14.5 Å². The molecular weight excluding hydrogens is 495 g/mol. The zero-order chi connectivity index (χ0) is 26.7. The number of alkyl halides is 3. The smallest absolute Gasteiger partial charge is 0.416 e. The molecule has 0 spiro atoms. The summed E-state index contributed by atoms with van der Waals surface area (Å²) in [4.78, 5) is 19.1. The van der Waals surface area contributed by atoms with Gasteiger partial charge in [-0.1, -0.05) is 6.07 Å². The summed E-state index contributed by atoms with van der Waals surface area (Å²) in [5, 5.41) is 8.80. The number of hydrogen-bond donors (Lipinski definition) is 0. The van der Waals surface area contributed by atoms with Crippen molar-refractivity contribution in [3.05, 3.63) is 66.2 Å². The number of piperidine rings is 1. The third kappa shape index (κ3) is 5.69. The van der Waals surface area contributed by atoms with Crippen molar-refractivity contribution in [1.82, 2.24) is 15.1 Å². The molecule has 1 amide bonds. The van der Waals surface area contributed by atoms with Gasteiger partial charge < -0.3 is 19.4 Å². The van der Waals surface area contributed by atoms with Crippen molar-refractivity contribution >= 4 is 17.4 Å². The Hall–Kier alpha value is -3.82. The van der Waals surface area contributed by atoms with Gasteiger partial charge in [-0.15, -0.1) is 10.2 Å². The third-order valence-electron chi connectivity index (χ3n) is 7.33. The highest BCUT2D eigenvalue weighted by Gasteiger charge is 2.33. The number of anilines is 2. The molecule has 2 aliphatic rings. The molecule has 0 aliphatic carbocycles. The van der Waals surface area contributed by atoms with Crippen molar-refractivity contribution < 1.29 is 22.7 Å². The first kappa shape index (κ1) is 25.8. The van der Waals surface area contributed by atoms with Crippen molar-refractivity contribution in [3.63, 3.8) is 0 Å². The Balaban J connectivity index is 1.12. The minimum atomic E-state index is -4.37. The monoisotopic (exact) mass is 525 g/mol. The van der Waals surface area contributed by atoms with Crippen LogP contribution in [0.3, 0.4) is 0 Å². The quantitative estimate of drug-likeness (QED) is 0.480. The van der Waals surface area contributed by atoms with Crippen LogP contribution in [-0.2, 0) is 11.0 Å². The minimum Gasteiger partial charge on any atom is -0.497 e. The van der Waals surface area contributed by atoms with Crippen LogP contribution in [0.1, 0.15) is 18.4 Å². The molecule has 10 heteroatoms. The van der Waals surface area contributed by atoms with Crippen molar-refractivity contribution in [1.29, 1.82) is 0 Å². The molecule has 0 saturated carbocycles. The fourth-order valence-corrected chi connectivity index (χ4v) is 5.09. The van der Waals surface area contributed by atoms with Crippen LogP contribution in [0.5, 0.6) is 5.75 Å². The number of carbonyl (C=O) groups is 1. The summed E-state index contributed by atoms with van der Waals surface area (Å²) in [6, 6.07) is 17.0. The normalized spacial score (nSPS) is 17.0. The lowest BCUT2D eigenvalue weighted by molar-refractivity contribution is -0.137. The topological polar surface area (TPSA) is 61.8 Å². The van der Waals surface area contributed by atoms with Gasteiger partial charge in [0.2, 0.25) is 5.91 Å². The fraction of sp³-hybridized carbons (Fsp3) is 0.393. The molecule has 0 N–H and O–H groups in total. The Morgan fingerprint density at radius 1 is 0.868 bits per heavy atom. The number of methoxy groups -OCH3 is 1. The molecule has 38 heavy (non-hydrogen) atoms. The van der Waals surface area contributed by atoms with Crippen LogP contribution in [0.2, 0.25) is 0 Å². The van der Waals surface area contributed by atoms with Gasteiger partial charge in [-0.25, -0.2) is 0 Å². The second-order valence-electron chi connectivity index (χ2n) is 9.63. The molecule has 0 bridgehead atoms. The van der Waals surface area contributed by atoms with Crippen molar-refractivity contribution in [2.75, 3.05) is 56.2 Å². The molecule has 0 atom stereocenters. The number of halogens is 3. The van der Waals surface area contributed by atoms with Crippen LogP contribution in [0, 0.1) is 5.92 Å². The molecule has 200 valence electrons. The number of ether oxygens (including phenoxy) is 1. The molecule has 7 nitrogen and oxygen atoms in total. The van der Waals surface area contributed by atoms with Gasteiger partial charge in [-0.3, -0.25) is 4.79 Å². The van der Waals surface area contributed by atoms with Gasteiger partial charge in [-0.2, -0.15) is 13.2 Å². The summed E-state index contributed by atoms with van der Waals surface area (Å²) < 4.78 is 44.4. The number of hydrogen-bond acceptors (Lipinski definition) is 6. The number of aromatic nitrogens is 2. The molecule has 3 aromatic rings. The van der Waals surface area contributed by atoms with E-state index >= 15 is 0 Å². The SMILES string of the molecule is COc1ccc(-c2ccc(N3CCC(C(=O)N4CCN(c5cccc(C(F)(F)F)c5)CC4)CC3)nn2)cc1. The lowest BCUT2D eigenvalue weighted by atomic mass is 9.95. The molecule has 0 unspecified atom stereocenters. The summed E-state index contributed by atoms with van der Waals surface area (Å²) in [5.74, 6) is 1.66. The Morgan fingerprint density at radius 3 is 2.18 bits per heavy atom. The van der Waals surface area contributed by atoms with Crippen LogP contribution in [0.15, 0.2) is 60.7 Å².